The maximum Gasteiger partial charge on any atom is 0.251 e. The van der Waals surface area contributed by atoms with Gasteiger partial charge in [-0.15, -0.1) is 0 Å². The Hall–Kier alpha value is -2.52. The molecule has 0 saturated heterocycles. The van der Waals surface area contributed by atoms with Crippen molar-refractivity contribution in [3.8, 4) is 11.1 Å². The van der Waals surface area contributed by atoms with Gasteiger partial charge in [-0.1, -0.05) is 79.9 Å². The fourth-order valence-electron chi connectivity index (χ4n) is 4.04. The van der Waals surface area contributed by atoms with Crippen molar-refractivity contribution in [1.82, 2.24) is 4.57 Å². The van der Waals surface area contributed by atoms with E-state index in [0.29, 0.717) is 10.6 Å². The van der Waals surface area contributed by atoms with E-state index in [-0.39, 0.29) is 0 Å². The van der Waals surface area contributed by atoms with Crippen molar-refractivity contribution in [2.45, 2.75) is 52.5 Å². The van der Waals surface area contributed by atoms with Crippen LogP contribution < -0.4 is 5.73 Å². The highest BCUT2D eigenvalue weighted by atomic mass is 35.5. The van der Waals surface area contributed by atoms with Crippen LogP contribution in [0.25, 0.3) is 11.1 Å². The normalized spacial score (nSPS) is 11.0. The number of unbranched alkanes of at least 4 members (excludes halogenated alkanes) is 2. The van der Waals surface area contributed by atoms with Gasteiger partial charge in [0.1, 0.15) is 0 Å². The Morgan fingerprint density at radius 1 is 1.00 bits per heavy atom. The Bertz CT molecular complexity index is 976. The monoisotopic (exact) mass is 408 g/mol. The van der Waals surface area contributed by atoms with Gasteiger partial charge in [0.2, 0.25) is 0 Å². The molecule has 3 aromatic rings. The average Bonchev–Trinajstić information content (AvgIpc) is 2.99. The third kappa shape index (κ3) is 4.73. The minimum atomic E-state index is -0.396. The molecule has 1 heterocycles. The van der Waals surface area contributed by atoms with E-state index in [9.17, 15) is 4.79 Å². The maximum atomic E-state index is 12.5. The average molecular weight is 409 g/mol. The van der Waals surface area contributed by atoms with E-state index in [1.807, 2.05) is 37.3 Å². The smallest absolute Gasteiger partial charge is 0.251 e. The summed E-state index contributed by atoms with van der Waals surface area (Å²) in [5.41, 5.74) is 11.6. The molecule has 2 aromatic carbocycles. The van der Waals surface area contributed by atoms with E-state index in [1.165, 1.54) is 5.56 Å². The van der Waals surface area contributed by atoms with Gasteiger partial charge in [0.25, 0.3) is 5.91 Å². The maximum absolute atomic E-state index is 12.5. The summed E-state index contributed by atoms with van der Waals surface area (Å²) in [6, 6.07) is 18.1. The predicted molar refractivity (Wildman–Crippen MR) is 122 cm³/mol. The van der Waals surface area contributed by atoms with Crippen LogP contribution in [0.3, 0.4) is 0 Å². The largest absolute Gasteiger partial charge is 0.366 e. The Balaban J connectivity index is 2.11. The number of aryl methyl sites for hydroxylation is 1. The number of carbonyl (C=O) groups is 1. The molecule has 3 nitrogen and oxygen atoms in total. The molecule has 3 rings (SSSR count). The summed E-state index contributed by atoms with van der Waals surface area (Å²) in [7, 11) is 0. The van der Waals surface area contributed by atoms with Crippen molar-refractivity contribution in [2.75, 3.05) is 0 Å². The Morgan fingerprint density at radius 2 is 1.69 bits per heavy atom. The number of amides is 1. The van der Waals surface area contributed by atoms with Crippen molar-refractivity contribution < 1.29 is 4.79 Å². The van der Waals surface area contributed by atoms with E-state index < -0.39 is 5.91 Å². The third-order valence-corrected chi connectivity index (χ3v) is 5.83. The molecule has 0 radical (unpaired) electrons. The van der Waals surface area contributed by atoms with Crippen LogP contribution in [0, 0.1) is 6.92 Å². The zero-order valence-electron chi connectivity index (χ0n) is 17.2. The molecule has 152 valence electrons. The van der Waals surface area contributed by atoms with Crippen LogP contribution in [0.2, 0.25) is 5.02 Å². The molecule has 0 aliphatic heterocycles. The number of primary amides is 1. The van der Waals surface area contributed by atoms with Crippen molar-refractivity contribution in [3.05, 3.63) is 82.1 Å². The minimum Gasteiger partial charge on any atom is -0.366 e. The number of hydrogen-bond donors (Lipinski definition) is 1. The van der Waals surface area contributed by atoms with Gasteiger partial charge in [-0.3, -0.25) is 4.79 Å². The first-order chi connectivity index (χ1) is 14.0. The second-order valence-corrected chi connectivity index (χ2v) is 7.88. The summed E-state index contributed by atoms with van der Waals surface area (Å²) < 4.78 is 2.28. The first-order valence-electron chi connectivity index (χ1n) is 10.3. The topological polar surface area (TPSA) is 48.0 Å². The first-order valence-corrected chi connectivity index (χ1v) is 10.7. The Morgan fingerprint density at radius 3 is 2.34 bits per heavy atom. The molecule has 0 atom stereocenters. The van der Waals surface area contributed by atoms with E-state index in [1.54, 1.807) is 0 Å². The number of nitrogens with zero attached hydrogens (tertiary/aromatic N) is 1. The van der Waals surface area contributed by atoms with Gasteiger partial charge in [0.05, 0.1) is 5.56 Å². The summed E-state index contributed by atoms with van der Waals surface area (Å²) in [6.07, 6.45) is 5.17. The molecule has 1 amide bonds. The number of benzene rings is 2. The number of nitrogens with two attached hydrogens (primary N) is 1. The Kier molecular flexibility index (Phi) is 7.16. The van der Waals surface area contributed by atoms with E-state index in [0.717, 1.165) is 61.2 Å². The molecule has 0 unspecified atom stereocenters. The van der Waals surface area contributed by atoms with Crippen molar-refractivity contribution in [3.63, 3.8) is 0 Å². The van der Waals surface area contributed by atoms with Crippen LogP contribution in [0.15, 0.2) is 54.6 Å². The highest BCUT2D eigenvalue weighted by molar-refractivity contribution is 6.33. The lowest BCUT2D eigenvalue weighted by Gasteiger charge is -2.14. The molecule has 0 aliphatic rings. The number of rotatable bonds is 9. The van der Waals surface area contributed by atoms with Gasteiger partial charge in [-0.05, 0) is 37.8 Å². The molecule has 0 saturated carbocycles. The lowest BCUT2D eigenvalue weighted by molar-refractivity contribution is 0.1000. The van der Waals surface area contributed by atoms with Crippen molar-refractivity contribution >= 4 is 17.5 Å². The fourth-order valence-corrected chi connectivity index (χ4v) is 4.27. The summed E-state index contributed by atoms with van der Waals surface area (Å²) >= 11 is 6.54. The molecule has 0 bridgehead atoms. The van der Waals surface area contributed by atoms with Crippen LogP contribution >= 0.6 is 11.6 Å². The zero-order chi connectivity index (χ0) is 20.8. The molecule has 4 heteroatoms. The summed E-state index contributed by atoms with van der Waals surface area (Å²) in [4.78, 5) is 12.5. The zero-order valence-corrected chi connectivity index (χ0v) is 18.0. The van der Waals surface area contributed by atoms with Gasteiger partial charge in [-0.2, -0.15) is 0 Å². The lowest BCUT2D eigenvalue weighted by Crippen LogP contribution is -2.14. The third-order valence-electron chi connectivity index (χ3n) is 5.50. The molecule has 0 fully saturated rings. The van der Waals surface area contributed by atoms with Crippen LogP contribution in [0.1, 0.15) is 53.5 Å². The quantitative estimate of drug-likeness (QED) is 0.421. The van der Waals surface area contributed by atoms with Crippen molar-refractivity contribution in [2.24, 2.45) is 5.73 Å². The van der Waals surface area contributed by atoms with Gasteiger partial charge < -0.3 is 10.3 Å². The minimum absolute atomic E-state index is 0.396. The highest BCUT2D eigenvalue weighted by Crippen LogP contribution is 2.37. The Labute approximate surface area is 178 Å². The van der Waals surface area contributed by atoms with Gasteiger partial charge >= 0.3 is 0 Å². The SMILES string of the molecule is CCCCCc1c(-c2ccccc2Cl)c(C(N)=O)c(C)n1CCc1ccccc1. The van der Waals surface area contributed by atoms with Crippen LogP contribution in [-0.2, 0) is 19.4 Å². The molecule has 2 N–H and O–H groups in total. The van der Waals surface area contributed by atoms with E-state index >= 15 is 0 Å². The number of aromatic nitrogens is 1. The fraction of sp³-hybridized carbons (Fsp3) is 0.320. The predicted octanol–water partition coefficient (Wildman–Crippen LogP) is 6.19. The lowest BCUT2D eigenvalue weighted by atomic mass is 9.97. The standard InChI is InChI=1S/C25H29ClN2O/c1-3-4-6-15-22-24(20-13-9-10-14-21(20)26)23(25(27)29)18(2)28(22)17-16-19-11-7-5-8-12-19/h5,7-14H,3-4,6,15-17H2,1-2H3,(H2,27,29). The van der Waals surface area contributed by atoms with E-state index in [4.69, 9.17) is 17.3 Å². The van der Waals surface area contributed by atoms with Gasteiger partial charge in [0, 0.05) is 34.1 Å². The molecule has 29 heavy (non-hydrogen) atoms. The number of halogens is 1. The summed E-state index contributed by atoms with van der Waals surface area (Å²) in [5.74, 6) is -0.396. The molecule has 0 aliphatic carbocycles. The van der Waals surface area contributed by atoms with Gasteiger partial charge in [0.15, 0.2) is 0 Å². The van der Waals surface area contributed by atoms with Crippen LogP contribution in [0.4, 0.5) is 0 Å². The second-order valence-electron chi connectivity index (χ2n) is 7.47. The second kappa shape index (κ2) is 9.80. The van der Waals surface area contributed by atoms with Gasteiger partial charge in [-0.25, -0.2) is 0 Å². The van der Waals surface area contributed by atoms with E-state index in [2.05, 4.69) is 35.8 Å². The summed E-state index contributed by atoms with van der Waals surface area (Å²) in [6.45, 7) is 5.00. The summed E-state index contributed by atoms with van der Waals surface area (Å²) in [5, 5.41) is 0.645. The van der Waals surface area contributed by atoms with Crippen LogP contribution in [-0.4, -0.2) is 10.5 Å². The number of carbonyl (C=O) groups excluding carboxylic acids is 1. The number of hydrogen-bond acceptors (Lipinski definition) is 1. The van der Waals surface area contributed by atoms with Crippen molar-refractivity contribution in [1.29, 1.82) is 0 Å². The molecule has 1 aromatic heterocycles. The first kappa shape index (κ1) is 21.2. The highest BCUT2D eigenvalue weighted by Gasteiger charge is 2.25. The molecule has 0 spiro atoms. The molecular weight excluding hydrogens is 380 g/mol. The van der Waals surface area contributed by atoms with Crippen LogP contribution in [0.5, 0.6) is 0 Å². The molecular formula is C25H29ClN2O.